The van der Waals surface area contributed by atoms with Gasteiger partial charge in [-0.2, -0.15) is 0 Å². The van der Waals surface area contributed by atoms with Gasteiger partial charge in [0.25, 0.3) is 5.91 Å². The molecule has 1 N–H and O–H groups in total. The molecule has 0 bridgehead atoms. The van der Waals surface area contributed by atoms with Gasteiger partial charge in [-0.05, 0) is 49.6 Å². The van der Waals surface area contributed by atoms with Gasteiger partial charge < -0.3 is 23.3 Å². The molecule has 196 valence electrons. The van der Waals surface area contributed by atoms with Gasteiger partial charge in [-0.3, -0.25) is 14.9 Å². The second-order valence-electron chi connectivity index (χ2n) is 9.56. The van der Waals surface area contributed by atoms with Gasteiger partial charge in [0.05, 0.1) is 48.3 Å². The third-order valence-electron chi connectivity index (χ3n) is 7.06. The van der Waals surface area contributed by atoms with E-state index in [9.17, 15) is 9.59 Å². The molecule has 2 saturated heterocycles. The molecule has 5 heterocycles. The quantitative estimate of drug-likeness (QED) is 0.373. The molecule has 0 saturated carbocycles. The lowest BCUT2D eigenvalue weighted by atomic mass is 10.1. The normalized spacial score (nSPS) is 18.2. The minimum absolute atomic E-state index is 0.0578. The van der Waals surface area contributed by atoms with Crippen molar-refractivity contribution in [3.8, 4) is 5.75 Å². The van der Waals surface area contributed by atoms with Gasteiger partial charge in [0, 0.05) is 24.8 Å². The van der Waals surface area contributed by atoms with Gasteiger partial charge >= 0.3 is 0 Å². The van der Waals surface area contributed by atoms with E-state index in [1.165, 1.54) is 6.08 Å². The molecule has 1 unspecified atom stereocenters. The summed E-state index contributed by atoms with van der Waals surface area (Å²) in [6.45, 7) is 5.77. The number of aromatic nitrogens is 4. The van der Waals surface area contributed by atoms with Gasteiger partial charge in [-0.25, -0.2) is 9.97 Å². The Balaban J connectivity index is 1.42. The molecule has 2 amide bonds. The van der Waals surface area contributed by atoms with E-state index < -0.39 is 0 Å². The summed E-state index contributed by atoms with van der Waals surface area (Å²) in [7, 11) is 0. The molecule has 3 aromatic heterocycles. The number of carbonyl (C=O) groups is 2. The van der Waals surface area contributed by atoms with Crippen molar-refractivity contribution < 1.29 is 19.1 Å². The van der Waals surface area contributed by atoms with Crippen LogP contribution in [0.1, 0.15) is 35.7 Å². The smallest absolute Gasteiger partial charge is 0.258 e. The fraction of sp³-hybridized carbons (Fsp3) is 0.333. The molecule has 10 nitrogen and oxygen atoms in total. The number of halogens is 1. The number of ether oxygens (including phenoxy) is 2. The summed E-state index contributed by atoms with van der Waals surface area (Å²) in [5.74, 6) is 0.464. The van der Waals surface area contributed by atoms with Gasteiger partial charge in [-0.15, -0.1) is 0 Å². The zero-order chi connectivity index (χ0) is 26.2. The van der Waals surface area contributed by atoms with Gasteiger partial charge in [0.15, 0.2) is 0 Å². The zero-order valence-corrected chi connectivity index (χ0v) is 21.4. The van der Waals surface area contributed by atoms with Crippen LogP contribution in [-0.2, 0) is 9.53 Å². The highest BCUT2D eigenvalue weighted by atomic mass is 35.5. The average molecular weight is 535 g/mol. The Kier molecular flexibility index (Phi) is 6.50. The highest BCUT2D eigenvalue weighted by Crippen LogP contribution is 2.39. The number of hydrogen-bond donors (Lipinski definition) is 1. The summed E-state index contributed by atoms with van der Waals surface area (Å²) >= 11 is 6.93. The second kappa shape index (κ2) is 10.1. The van der Waals surface area contributed by atoms with Gasteiger partial charge in [-0.1, -0.05) is 18.2 Å². The first-order valence-electron chi connectivity index (χ1n) is 12.6. The van der Waals surface area contributed by atoms with E-state index in [0.717, 1.165) is 24.8 Å². The van der Waals surface area contributed by atoms with Crippen molar-refractivity contribution in [2.75, 3.05) is 31.6 Å². The molecule has 2 aliphatic heterocycles. The van der Waals surface area contributed by atoms with Crippen molar-refractivity contribution in [1.29, 1.82) is 0 Å². The monoisotopic (exact) mass is 534 g/mol. The number of hydrogen-bond acceptors (Lipinski definition) is 6. The molecule has 1 atom stereocenters. The van der Waals surface area contributed by atoms with Crippen molar-refractivity contribution in [3.63, 3.8) is 0 Å². The lowest BCUT2D eigenvalue weighted by Gasteiger charge is -2.28. The third-order valence-corrected chi connectivity index (χ3v) is 7.42. The first-order valence-corrected chi connectivity index (χ1v) is 13.0. The van der Waals surface area contributed by atoms with Crippen LogP contribution < -0.4 is 10.1 Å². The fourth-order valence-corrected chi connectivity index (χ4v) is 5.31. The number of imidazole rings is 2. The molecule has 0 radical (unpaired) electrons. The van der Waals surface area contributed by atoms with E-state index in [4.69, 9.17) is 26.1 Å². The number of nitrogens with one attached hydrogen (secondary N) is 1. The third kappa shape index (κ3) is 4.50. The Morgan fingerprint density at radius 2 is 2.11 bits per heavy atom. The molecular formula is C27H27ClN6O4. The molecule has 0 aliphatic carbocycles. The molecule has 1 aromatic carbocycles. The van der Waals surface area contributed by atoms with Gasteiger partial charge in [0.2, 0.25) is 11.9 Å². The number of carbonyl (C=O) groups excluding carboxylic acids is 2. The summed E-state index contributed by atoms with van der Waals surface area (Å²) in [6, 6.07) is 6.96. The largest absolute Gasteiger partial charge is 0.484 e. The number of pyridine rings is 1. The van der Waals surface area contributed by atoms with Crippen LogP contribution in [0.5, 0.6) is 5.75 Å². The number of benzene rings is 1. The van der Waals surface area contributed by atoms with E-state index >= 15 is 0 Å². The first kappa shape index (κ1) is 24.4. The molecule has 0 spiro atoms. The molecule has 11 heteroatoms. The fourth-order valence-electron chi connectivity index (χ4n) is 5.02. The minimum atomic E-state index is -0.308. The number of rotatable bonds is 6. The standard InChI is InChI=1S/C27H27ClN6O4/c1-2-23(35)32-9-4-3-5-18(13-32)34-25-21(6-7-22(24(25)28)38-20-14-37-15-20)30-27(34)31-26(36)17-8-10-33-16-29-12-19(33)11-17/h2,6-8,10-12,16,18,20H,1,3-5,9,13-15H2,(H,30,31,36). The van der Waals surface area contributed by atoms with E-state index in [1.807, 2.05) is 15.0 Å². The predicted octanol–water partition coefficient (Wildman–Crippen LogP) is 4.11. The van der Waals surface area contributed by atoms with Crippen LogP contribution in [0.2, 0.25) is 5.02 Å². The molecule has 2 fully saturated rings. The van der Waals surface area contributed by atoms with Gasteiger partial charge in [0.1, 0.15) is 16.9 Å². The van der Waals surface area contributed by atoms with Crippen LogP contribution in [0.15, 0.2) is 55.6 Å². The van der Waals surface area contributed by atoms with E-state index in [0.29, 0.717) is 59.6 Å². The maximum atomic E-state index is 13.4. The molecule has 38 heavy (non-hydrogen) atoms. The Morgan fingerprint density at radius 3 is 2.89 bits per heavy atom. The van der Waals surface area contributed by atoms with Crippen LogP contribution in [0.3, 0.4) is 0 Å². The number of amides is 2. The summed E-state index contributed by atoms with van der Waals surface area (Å²) in [5, 5.41) is 3.41. The maximum Gasteiger partial charge on any atom is 0.258 e. The first-order chi connectivity index (χ1) is 18.5. The van der Waals surface area contributed by atoms with Crippen molar-refractivity contribution in [2.24, 2.45) is 0 Å². The summed E-state index contributed by atoms with van der Waals surface area (Å²) in [4.78, 5) is 36.6. The van der Waals surface area contributed by atoms with Crippen molar-refractivity contribution >= 4 is 45.9 Å². The molecular weight excluding hydrogens is 508 g/mol. The molecule has 2 aliphatic rings. The Hall–Kier alpha value is -3.89. The Bertz CT molecular complexity index is 1540. The van der Waals surface area contributed by atoms with Crippen LogP contribution in [-0.4, -0.2) is 68.1 Å². The van der Waals surface area contributed by atoms with E-state index in [-0.39, 0.29) is 24.0 Å². The Labute approximate surface area is 223 Å². The number of likely N-dealkylation sites (tertiary alicyclic amines) is 1. The summed E-state index contributed by atoms with van der Waals surface area (Å²) < 4.78 is 15.1. The highest BCUT2D eigenvalue weighted by Gasteiger charge is 2.29. The predicted molar refractivity (Wildman–Crippen MR) is 143 cm³/mol. The van der Waals surface area contributed by atoms with Crippen LogP contribution >= 0.6 is 11.6 Å². The number of nitrogens with zero attached hydrogens (tertiary/aromatic N) is 5. The molecule has 4 aromatic rings. The minimum Gasteiger partial charge on any atom is -0.484 e. The zero-order valence-electron chi connectivity index (χ0n) is 20.7. The lowest BCUT2D eigenvalue weighted by Crippen LogP contribution is -2.38. The highest BCUT2D eigenvalue weighted by molar-refractivity contribution is 6.36. The number of anilines is 1. The Morgan fingerprint density at radius 1 is 1.24 bits per heavy atom. The van der Waals surface area contributed by atoms with Crippen LogP contribution in [0, 0.1) is 0 Å². The maximum absolute atomic E-state index is 13.4. The summed E-state index contributed by atoms with van der Waals surface area (Å²) in [6.07, 6.45) is 9.00. The van der Waals surface area contributed by atoms with E-state index in [2.05, 4.69) is 16.9 Å². The lowest BCUT2D eigenvalue weighted by molar-refractivity contribution is -0.126. The summed E-state index contributed by atoms with van der Waals surface area (Å²) in [5.41, 5.74) is 2.56. The SMILES string of the molecule is C=CC(=O)N1CCCCC(n2c(NC(=O)c3ccn4cncc4c3)nc3ccc(OC4COC4)c(Cl)c32)C1. The molecule has 6 rings (SSSR count). The van der Waals surface area contributed by atoms with Crippen molar-refractivity contribution in [3.05, 3.63) is 66.2 Å². The number of fused-ring (bicyclic) bond motifs is 2. The van der Waals surface area contributed by atoms with E-state index in [1.54, 1.807) is 41.8 Å². The van der Waals surface area contributed by atoms with Crippen molar-refractivity contribution in [1.82, 2.24) is 23.8 Å². The average Bonchev–Trinajstić information content (AvgIpc) is 3.43. The topological polar surface area (TPSA) is 103 Å². The van der Waals surface area contributed by atoms with Crippen LogP contribution in [0.4, 0.5) is 5.95 Å². The van der Waals surface area contributed by atoms with Crippen LogP contribution in [0.25, 0.3) is 16.6 Å². The second-order valence-corrected chi connectivity index (χ2v) is 9.94. The van der Waals surface area contributed by atoms with Crippen molar-refractivity contribution in [2.45, 2.75) is 31.4 Å².